The van der Waals surface area contributed by atoms with Crippen LogP contribution in [0.1, 0.15) is 38.7 Å². The molecule has 0 fully saturated rings. The van der Waals surface area contributed by atoms with Crippen molar-refractivity contribution in [2.45, 2.75) is 39.2 Å². The number of carbonyl (C=O) groups is 2. The van der Waals surface area contributed by atoms with Crippen molar-refractivity contribution in [3.05, 3.63) is 82.7 Å². The van der Waals surface area contributed by atoms with Gasteiger partial charge in [-0.2, -0.15) is 0 Å². The highest BCUT2D eigenvalue weighted by atomic mass is 16.6. The third-order valence-corrected chi connectivity index (χ3v) is 5.15. The summed E-state index contributed by atoms with van der Waals surface area (Å²) in [6.07, 6.45) is -0.0392. The molecule has 1 aromatic carbocycles. The molecule has 0 saturated heterocycles. The topological polar surface area (TPSA) is 194 Å². The number of nitrogens with one attached hydrogen (secondary N) is 1. The van der Waals surface area contributed by atoms with Crippen LogP contribution in [0.3, 0.4) is 0 Å². The number of dihydropyridines is 1. The second-order valence-electron chi connectivity index (χ2n) is 7.77. The standard InChI is InChI=1S/C21H24N4O10/c1-12(24(30)31)11-35-21(27)18-14(3)22-13(2)17(20(26)34-9-5-8-23(28)29)19(18)15-6-4-7-16(10-15)25(32)33/h4,6-7,10,12,19,22H,5,8-9,11H2,1-3H3. The lowest BCUT2D eigenvalue weighted by Crippen LogP contribution is -2.34. The molecular formula is C21H24N4O10. The number of ether oxygens (including phenoxy) is 2. The molecule has 2 rings (SSSR count). The Hall–Kier alpha value is -4.36. The molecule has 0 aliphatic carbocycles. The summed E-state index contributed by atoms with van der Waals surface area (Å²) < 4.78 is 10.3. The highest BCUT2D eigenvalue weighted by molar-refractivity contribution is 6.00. The van der Waals surface area contributed by atoms with Crippen molar-refractivity contribution in [2.75, 3.05) is 19.8 Å². The monoisotopic (exact) mass is 492 g/mol. The number of esters is 2. The van der Waals surface area contributed by atoms with Gasteiger partial charge in [0.15, 0.2) is 6.61 Å². The molecule has 0 saturated carbocycles. The summed E-state index contributed by atoms with van der Waals surface area (Å²) in [4.78, 5) is 57.0. The summed E-state index contributed by atoms with van der Waals surface area (Å²) in [6, 6.07) is 4.12. The number of benzene rings is 1. The lowest BCUT2D eigenvalue weighted by atomic mass is 9.80. The molecule has 1 heterocycles. The molecule has 1 aromatic rings. The Morgan fingerprint density at radius 2 is 1.63 bits per heavy atom. The summed E-state index contributed by atoms with van der Waals surface area (Å²) >= 11 is 0. The fourth-order valence-electron chi connectivity index (χ4n) is 3.46. The van der Waals surface area contributed by atoms with E-state index in [4.69, 9.17) is 9.47 Å². The van der Waals surface area contributed by atoms with E-state index in [0.717, 1.165) is 0 Å². The molecule has 188 valence electrons. The van der Waals surface area contributed by atoms with Crippen LogP contribution in [-0.4, -0.2) is 52.5 Å². The van der Waals surface area contributed by atoms with Gasteiger partial charge in [0.2, 0.25) is 12.6 Å². The maximum absolute atomic E-state index is 13.0. The molecule has 0 spiro atoms. The Bertz CT molecular complexity index is 1110. The fraction of sp³-hybridized carbons (Fsp3) is 0.429. The fourth-order valence-corrected chi connectivity index (χ4v) is 3.46. The van der Waals surface area contributed by atoms with Gasteiger partial charge >= 0.3 is 11.9 Å². The molecule has 1 aliphatic rings. The summed E-state index contributed by atoms with van der Waals surface area (Å²) in [5.41, 5.74) is 0.377. The van der Waals surface area contributed by atoms with Gasteiger partial charge in [-0.3, -0.25) is 30.3 Å². The lowest BCUT2D eigenvalue weighted by molar-refractivity contribution is -0.520. The van der Waals surface area contributed by atoms with Crippen LogP contribution in [0, 0.1) is 30.3 Å². The number of non-ortho nitro benzene ring substituents is 1. The van der Waals surface area contributed by atoms with Crippen molar-refractivity contribution in [3.8, 4) is 0 Å². The second kappa shape index (κ2) is 11.7. The zero-order valence-corrected chi connectivity index (χ0v) is 19.2. The van der Waals surface area contributed by atoms with Crippen LogP contribution < -0.4 is 5.32 Å². The van der Waals surface area contributed by atoms with Crippen molar-refractivity contribution in [1.82, 2.24) is 5.32 Å². The maximum atomic E-state index is 13.0. The maximum Gasteiger partial charge on any atom is 0.337 e. The Labute approximate surface area is 199 Å². The van der Waals surface area contributed by atoms with E-state index < -0.39 is 51.8 Å². The minimum atomic E-state index is -1.18. The normalized spacial score (nSPS) is 16.3. The second-order valence-corrected chi connectivity index (χ2v) is 7.77. The first-order valence-electron chi connectivity index (χ1n) is 10.5. The van der Waals surface area contributed by atoms with Crippen molar-refractivity contribution in [2.24, 2.45) is 0 Å². The van der Waals surface area contributed by atoms with Gasteiger partial charge in [-0.15, -0.1) is 0 Å². The molecule has 2 unspecified atom stereocenters. The van der Waals surface area contributed by atoms with Crippen LogP contribution in [0.25, 0.3) is 0 Å². The Morgan fingerprint density at radius 1 is 1.03 bits per heavy atom. The summed E-state index contributed by atoms with van der Waals surface area (Å²) in [5.74, 6) is -2.99. The van der Waals surface area contributed by atoms with Gasteiger partial charge in [0.25, 0.3) is 5.69 Å². The smallest absolute Gasteiger partial charge is 0.337 e. The first kappa shape index (κ1) is 26.9. The van der Waals surface area contributed by atoms with Gasteiger partial charge in [0.05, 0.1) is 28.6 Å². The number of allylic oxidation sites excluding steroid dienone is 2. The molecule has 0 aromatic heterocycles. The van der Waals surface area contributed by atoms with Crippen LogP contribution in [-0.2, 0) is 19.1 Å². The highest BCUT2D eigenvalue weighted by Gasteiger charge is 2.39. The zero-order chi connectivity index (χ0) is 26.3. The number of nitrogens with zero attached hydrogens (tertiary/aromatic N) is 3. The minimum Gasteiger partial charge on any atom is -0.462 e. The van der Waals surface area contributed by atoms with Gasteiger partial charge in [-0.25, -0.2) is 9.59 Å². The van der Waals surface area contributed by atoms with E-state index in [0.29, 0.717) is 5.70 Å². The van der Waals surface area contributed by atoms with Crippen LogP contribution in [0.2, 0.25) is 0 Å². The molecule has 14 nitrogen and oxygen atoms in total. The van der Waals surface area contributed by atoms with Gasteiger partial charge in [0, 0.05) is 46.7 Å². The van der Waals surface area contributed by atoms with Crippen LogP contribution in [0.15, 0.2) is 46.8 Å². The Kier molecular flexibility index (Phi) is 8.97. The Balaban J connectivity index is 2.48. The van der Waals surface area contributed by atoms with Crippen LogP contribution in [0.5, 0.6) is 0 Å². The molecule has 0 amide bonds. The number of rotatable bonds is 11. The molecule has 1 aliphatic heterocycles. The quantitative estimate of drug-likeness (QED) is 0.206. The first-order chi connectivity index (χ1) is 16.4. The van der Waals surface area contributed by atoms with E-state index in [9.17, 15) is 39.9 Å². The molecule has 0 radical (unpaired) electrons. The largest absolute Gasteiger partial charge is 0.462 e. The van der Waals surface area contributed by atoms with Crippen molar-refractivity contribution in [1.29, 1.82) is 0 Å². The van der Waals surface area contributed by atoms with Crippen molar-refractivity contribution in [3.63, 3.8) is 0 Å². The molecule has 1 N–H and O–H groups in total. The summed E-state index contributed by atoms with van der Waals surface area (Å²) in [5, 5.41) is 35.6. The van der Waals surface area contributed by atoms with Crippen LogP contribution >= 0.6 is 0 Å². The van der Waals surface area contributed by atoms with E-state index in [-0.39, 0.29) is 41.1 Å². The van der Waals surface area contributed by atoms with E-state index >= 15 is 0 Å². The third-order valence-electron chi connectivity index (χ3n) is 5.15. The summed E-state index contributed by atoms with van der Waals surface area (Å²) in [7, 11) is 0. The predicted molar refractivity (Wildman–Crippen MR) is 119 cm³/mol. The van der Waals surface area contributed by atoms with Crippen molar-refractivity contribution >= 4 is 17.6 Å². The SMILES string of the molecule is CC1=C(C(=O)OCCC[N+](=O)[O-])C(c2cccc([N+](=O)[O-])c2)C(C(=O)OCC(C)[N+](=O)[O-])=C(C)N1. The lowest BCUT2D eigenvalue weighted by Gasteiger charge is -2.30. The van der Waals surface area contributed by atoms with E-state index in [1.165, 1.54) is 38.1 Å². The van der Waals surface area contributed by atoms with Crippen molar-refractivity contribution < 1.29 is 33.8 Å². The molecule has 0 bridgehead atoms. The van der Waals surface area contributed by atoms with Gasteiger partial charge in [0.1, 0.15) is 0 Å². The predicted octanol–water partition coefficient (Wildman–Crippen LogP) is 2.25. The number of nitro groups is 3. The van der Waals surface area contributed by atoms with Gasteiger partial charge in [-0.1, -0.05) is 12.1 Å². The average Bonchev–Trinajstić information content (AvgIpc) is 2.79. The zero-order valence-electron chi connectivity index (χ0n) is 19.2. The van der Waals surface area contributed by atoms with Gasteiger partial charge < -0.3 is 14.8 Å². The molecule has 14 heteroatoms. The third kappa shape index (κ3) is 6.82. The van der Waals surface area contributed by atoms with E-state index in [2.05, 4.69) is 5.32 Å². The van der Waals surface area contributed by atoms with Gasteiger partial charge in [-0.05, 0) is 19.4 Å². The number of hydrogen-bond donors (Lipinski definition) is 1. The number of hydrogen-bond acceptors (Lipinski definition) is 11. The highest BCUT2D eigenvalue weighted by Crippen LogP contribution is 2.40. The molecule has 2 atom stereocenters. The Morgan fingerprint density at radius 3 is 2.17 bits per heavy atom. The number of carbonyl (C=O) groups excluding carboxylic acids is 2. The summed E-state index contributed by atoms with van der Waals surface area (Å²) in [6.45, 7) is 3.11. The molecular weight excluding hydrogens is 468 g/mol. The minimum absolute atomic E-state index is 0.0392. The molecule has 35 heavy (non-hydrogen) atoms. The van der Waals surface area contributed by atoms with E-state index in [1.807, 2.05) is 0 Å². The first-order valence-corrected chi connectivity index (χ1v) is 10.5. The van der Waals surface area contributed by atoms with Crippen LogP contribution in [0.4, 0.5) is 5.69 Å². The number of nitro benzene ring substituents is 1. The van der Waals surface area contributed by atoms with E-state index in [1.54, 1.807) is 6.92 Å². The average molecular weight is 492 g/mol.